The zero-order valence-corrected chi connectivity index (χ0v) is 18.6. The highest BCUT2D eigenvalue weighted by Crippen LogP contribution is 2.18. The summed E-state index contributed by atoms with van der Waals surface area (Å²) in [5.74, 6) is -0.202. The van der Waals surface area contributed by atoms with Crippen molar-refractivity contribution in [3.05, 3.63) is 69.7 Å². The molecule has 2 amide bonds. The Balaban J connectivity index is 2.23. The fraction of sp³-hybridized carbons (Fsp3) is 0.417. The molecule has 2 aromatic rings. The molecule has 0 radical (unpaired) electrons. The van der Waals surface area contributed by atoms with Crippen LogP contribution in [0.5, 0.6) is 0 Å². The molecule has 5 heteroatoms. The van der Waals surface area contributed by atoms with Crippen LogP contribution in [-0.4, -0.2) is 29.3 Å². The lowest BCUT2D eigenvalue weighted by molar-refractivity contribution is -0.140. The van der Waals surface area contributed by atoms with Gasteiger partial charge >= 0.3 is 0 Å². The molecule has 2 rings (SSSR count). The summed E-state index contributed by atoms with van der Waals surface area (Å²) in [6.07, 6.45) is 2.19. The average Bonchev–Trinajstić information content (AvgIpc) is 2.68. The van der Waals surface area contributed by atoms with E-state index in [1.54, 1.807) is 17.9 Å². The Morgan fingerprint density at radius 2 is 1.90 bits per heavy atom. The van der Waals surface area contributed by atoms with Crippen LogP contribution in [0.2, 0.25) is 5.02 Å². The zero-order chi connectivity index (χ0) is 21.4. The van der Waals surface area contributed by atoms with E-state index in [9.17, 15) is 9.59 Å². The topological polar surface area (TPSA) is 49.4 Å². The highest BCUT2D eigenvalue weighted by molar-refractivity contribution is 6.30. The van der Waals surface area contributed by atoms with Crippen LogP contribution in [0.3, 0.4) is 0 Å². The minimum absolute atomic E-state index is 0.0724. The summed E-state index contributed by atoms with van der Waals surface area (Å²) in [5.41, 5.74) is 4.08. The summed E-state index contributed by atoms with van der Waals surface area (Å²) >= 11 is 6.12. The molecule has 0 fully saturated rings. The Morgan fingerprint density at radius 3 is 2.59 bits per heavy atom. The minimum atomic E-state index is -0.566. The number of amides is 2. The number of rotatable bonds is 9. The molecular weight excluding hydrogens is 384 g/mol. The first-order chi connectivity index (χ1) is 13.8. The van der Waals surface area contributed by atoms with Gasteiger partial charge in [0.25, 0.3) is 0 Å². The zero-order valence-electron chi connectivity index (χ0n) is 17.8. The van der Waals surface area contributed by atoms with E-state index in [0.29, 0.717) is 18.1 Å². The molecule has 0 unspecified atom stereocenters. The number of hydrogen-bond acceptors (Lipinski definition) is 2. The quantitative estimate of drug-likeness (QED) is 0.597. The number of carbonyl (C=O) groups excluding carboxylic acids is 2. The molecule has 0 bridgehead atoms. The van der Waals surface area contributed by atoms with Crippen LogP contribution >= 0.6 is 11.6 Å². The lowest BCUT2D eigenvalue weighted by Crippen LogP contribution is -2.48. The number of halogens is 1. The van der Waals surface area contributed by atoms with Crippen LogP contribution in [0, 0.1) is 13.8 Å². The summed E-state index contributed by atoms with van der Waals surface area (Å²) < 4.78 is 0. The Morgan fingerprint density at radius 1 is 1.14 bits per heavy atom. The smallest absolute Gasteiger partial charge is 0.242 e. The van der Waals surface area contributed by atoms with Crippen LogP contribution in [0.25, 0.3) is 0 Å². The van der Waals surface area contributed by atoms with Crippen molar-refractivity contribution in [1.82, 2.24) is 10.2 Å². The van der Waals surface area contributed by atoms with Gasteiger partial charge in [0.15, 0.2) is 0 Å². The first-order valence-corrected chi connectivity index (χ1v) is 10.6. The summed E-state index contributed by atoms with van der Waals surface area (Å²) in [6.45, 7) is 8.84. The lowest BCUT2D eigenvalue weighted by atomic mass is 10.0. The maximum Gasteiger partial charge on any atom is 0.242 e. The average molecular weight is 415 g/mol. The molecule has 1 atom stereocenters. The van der Waals surface area contributed by atoms with Crippen molar-refractivity contribution in [1.29, 1.82) is 0 Å². The van der Waals surface area contributed by atoms with Crippen LogP contribution in [0.4, 0.5) is 0 Å². The van der Waals surface area contributed by atoms with Crippen LogP contribution in [-0.2, 0) is 22.6 Å². The van der Waals surface area contributed by atoms with E-state index in [1.807, 2.05) is 50.2 Å². The Bertz CT molecular complexity index is 851. The van der Waals surface area contributed by atoms with Gasteiger partial charge in [0.1, 0.15) is 6.04 Å². The Kier molecular flexibility index (Phi) is 8.71. The molecule has 0 spiro atoms. The van der Waals surface area contributed by atoms with Crippen LogP contribution < -0.4 is 5.32 Å². The second-order valence-electron chi connectivity index (χ2n) is 7.58. The van der Waals surface area contributed by atoms with Gasteiger partial charge in [-0.05, 0) is 56.0 Å². The predicted molar refractivity (Wildman–Crippen MR) is 119 cm³/mol. The van der Waals surface area contributed by atoms with Crippen molar-refractivity contribution in [2.75, 3.05) is 6.54 Å². The van der Waals surface area contributed by atoms with Gasteiger partial charge in [-0.1, -0.05) is 60.8 Å². The number of hydrogen-bond donors (Lipinski definition) is 1. The molecule has 156 valence electrons. The maximum absolute atomic E-state index is 13.3. The second kappa shape index (κ2) is 11.0. The van der Waals surface area contributed by atoms with Crippen molar-refractivity contribution in [3.63, 3.8) is 0 Å². The second-order valence-corrected chi connectivity index (χ2v) is 8.02. The third-order valence-corrected chi connectivity index (χ3v) is 5.32. The van der Waals surface area contributed by atoms with Crippen molar-refractivity contribution < 1.29 is 9.59 Å². The summed E-state index contributed by atoms with van der Waals surface area (Å²) in [7, 11) is 0. The molecule has 4 nitrogen and oxygen atoms in total. The van der Waals surface area contributed by atoms with Crippen molar-refractivity contribution in [3.8, 4) is 0 Å². The van der Waals surface area contributed by atoms with E-state index in [-0.39, 0.29) is 18.2 Å². The molecule has 29 heavy (non-hydrogen) atoms. The van der Waals surface area contributed by atoms with Crippen LogP contribution in [0.1, 0.15) is 48.9 Å². The largest absolute Gasteiger partial charge is 0.354 e. The molecule has 0 aliphatic carbocycles. The number of benzene rings is 2. The number of aryl methyl sites for hydroxylation is 2. The fourth-order valence-corrected chi connectivity index (χ4v) is 3.42. The lowest BCUT2D eigenvalue weighted by Gasteiger charge is -2.29. The van der Waals surface area contributed by atoms with Gasteiger partial charge in [-0.3, -0.25) is 9.59 Å². The molecule has 0 heterocycles. The normalized spacial score (nSPS) is 11.8. The van der Waals surface area contributed by atoms with E-state index in [1.165, 1.54) is 0 Å². The first-order valence-electron chi connectivity index (χ1n) is 10.2. The summed E-state index contributed by atoms with van der Waals surface area (Å²) in [4.78, 5) is 27.6. The standard InChI is InChI=1S/C24H31ClN2O2/c1-5-6-12-26-24(29)19(4)27(16-20-8-7-9-22(25)14-20)23(28)15-21-13-17(2)10-11-18(21)3/h7-11,13-14,19H,5-6,12,15-16H2,1-4H3,(H,26,29)/t19-/m1/s1. The van der Waals surface area contributed by atoms with Gasteiger partial charge in [-0.25, -0.2) is 0 Å². The fourth-order valence-electron chi connectivity index (χ4n) is 3.21. The third kappa shape index (κ3) is 6.90. The van der Waals surface area contributed by atoms with E-state index in [0.717, 1.165) is 35.1 Å². The molecule has 0 aromatic heterocycles. The summed E-state index contributed by atoms with van der Waals surface area (Å²) in [6, 6.07) is 13.0. The molecule has 0 aliphatic heterocycles. The molecule has 1 N–H and O–H groups in total. The Hall–Kier alpha value is -2.33. The molecule has 0 saturated heterocycles. The first kappa shape index (κ1) is 23.0. The van der Waals surface area contributed by atoms with Crippen molar-refractivity contribution in [2.45, 2.75) is 59.5 Å². The van der Waals surface area contributed by atoms with E-state index in [4.69, 9.17) is 11.6 Å². The molecule has 2 aromatic carbocycles. The van der Waals surface area contributed by atoms with E-state index >= 15 is 0 Å². The van der Waals surface area contributed by atoms with Gasteiger partial charge in [-0.15, -0.1) is 0 Å². The number of unbranched alkanes of at least 4 members (excludes halogenated alkanes) is 1. The molecular formula is C24H31ClN2O2. The monoisotopic (exact) mass is 414 g/mol. The highest BCUT2D eigenvalue weighted by atomic mass is 35.5. The van der Waals surface area contributed by atoms with Crippen molar-refractivity contribution in [2.24, 2.45) is 0 Å². The van der Waals surface area contributed by atoms with Gasteiger partial charge in [0.05, 0.1) is 6.42 Å². The third-order valence-electron chi connectivity index (χ3n) is 5.09. The van der Waals surface area contributed by atoms with Gasteiger partial charge in [0, 0.05) is 18.1 Å². The molecule has 0 aliphatic rings. The maximum atomic E-state index is 13.3. The Labute approximate surface area is 179 Å². The van der Waals surface area contributed by atoms with Crippen molar-refractivity contribution >= 4 is 23.4 Å². The number of nitrogens with one attached hydrogen (secondary N) is 1. The van der Waals surface area contributed by atoms with Gasteiger partial charge in [-0.2, -0.15) is 0 Å². The molecule has 0 saturated carbocycles. The number of carbonyl (C=O) groups is 2. The SMILES string of the molecule is CCCCNC(=O)[C@@H](C)N(Cc1cccc(Cl)c1)C(=O)Cc1cc(C)ccc1C. The number of nitrogens with zero attached hydrogens (tertiary/aromatic N) is 1. The van der Waals surface area contributed by atoms with Gasteiger partial charge < -0.3 is 10.2 Å². The van der Waals surface area contributed by atoms with E-state index in [2.05, 4.69) is 12.2 Å². The van der Waals surface area contributed by atoms with Gasteiger partial charge in [0.2, 0.25) is 11.8 Å². The minimum Gasteiger partial charge on any atom is -0.354 e. The van der Waals surface area contributed by atoms with E-state index < -0.39 is 6.04 Å². The van der Waals surface area contributed by atoms with Crippen LogP contribution in [0.15, 0.2) is 42.5 Å². The summed E-state index contributed by atoms with van der Waals surface area (Å²) in [5, 5.41) is 3.56. The highest BCUT2D eigenvalue weighted by Gasteiger charge is 2.26. The predicted octanol–water partition coefficient (Wildman–Crippen LogP) is 4.83.